The molecule has 1 fully saturated rings. The zero-order valence-electron chi connectivity index (χ0n) is 15.2. The van der Waals surface area contributed by atoms with Crippen LogP contribution < -0.4 is 10.2 Å². The fraction of sp³-hybridized carbons (Fsp3) is 0.350. The van der Waals surface area contributed by atoms with Crippen LogP contribution in [0.3, 0.4) is 0 Å². The number of nitrogens with one attached hydrogen (secondary N) is 1. The summed E-state index contributed by atoms with van der Waals surface area (Å²) in [6.45, 7) is 8.47. The highest BCUT2D eigenvalue weighted by Crippen LogP contribution is 2.24. The third-order valence-electron chi connectivity index (χ3n) is 4.80. The molecule has 1 amide bonds. The molecule has 26 heavy (non-hydrogen) atoms. The highest BCUT2D eigenvalue weighted by molar-refractivity contribution is 9.10. The number of carbonyl (C=O) groups excluding carboxylic acids is 1. The van der Waals surface area contributed by atoms with E-state index < -0.39 is 0 Å². The molecule has 0 bridgehead atoms. The molecule has 0 atom stereocenters. The van der Waals surface area contributed by atoms with Crippen molar-refractivity contribution < 1.29 is 4.79 Å². The summed E-state index contributed by atoms with van der Waals surface area (Å²) in [5.74, 6) is 0.0343. The van der Waals surface area contributed by atoms with E-state index in [0.29, 0.717) is 6.54 Å². The van der Waals surface area contributed by atoms with E-state index in [1.54, 1.807) is 0 Å². The molecule has 6 heteroatoms. The van der Waals surface area contributed by atoms with Crippen LogP contribution in [0.4, 0.5) is 11.4 Å². The van der Waals surface area contributed by atoms with E-state index in [4.69, 9.17) is 0 Å². The summed E-state index contributed by atoms with van der Waals surface area (Å²) < 4.78 is 0.906. The van der Waals surface area contributed by atoms with Gasteiger partial charge in [-0.2, -0.15) is 0 Å². The van der Waals surface area contributed by atoms with E-state index in [2.05, 4.69) is 63.1 Å². The Morgan fingerprint density at radius 3 is 2.42 bits per heavy atom. The van der Waals surface area contributed by atoms with E-state index in [-0.39, 0.29) is 18.3 Å². The molecule has 4 nitrogen and oxygen atoms in total. The molecule has 0 aromatic heterocycles. The topological polar surface area (TPSA) is 35.6 Å². The van der Waals surface area contributed by atoms with Crippen molar-refractivity contribution in [2.75, 3.05) is 42.9 Å². The minimum Gasteiger partial charge on any atom is -0.369 e. The lowest BCUT2D eigenvalue weighted by Crippen LogP contribution is -2.48. The number of rotatable bonds is 4. The Labute approximate surface area is 170 Å². The zero-order valence-corrected chi connectivity index (χ0v) is 17.6. The molecule has 3 rings (SSSR count). The molecule has 1 saturated heterocycles. The van der Waals surface area contributed by atoms with Crippen molar-refractivity contribution in [1.29, 1.82) is 0 Å². The van der Waals surface area contributed by atoms with Crippen LogP contribution >= 0.6 is 28.3 Å². The first-order valence-electron chi connectivity index (χ1n) is 8.62. The Hall–Kier alpha value is -1.56. The fourth-order valence-electron chi connectivity index (χ4n) is 3.18. The van der Waals surface area contributed by atoms with Crippen LogP contribution in [0.15, 0.2) is 46.9 Å². The highest BCUT2D eigenvalue weighted by Gasteiger charge is 2.20. The molecule has 1 aliphatic heterocycles. The van der Waals surface area contributed by atoms with Crippen LogP contribution in [-0.4, -0.2) is 43.5 Å². The number of nitrogens with zero attached hydrogens (tertiary/aromatic N) is 2. The molecule has 2 aromatic carbocycles. The van der Waals surface area contributed by atoms with E-state index in [9.17, 15) is 4.79 Å². The fourth-order valence-corrected chi connectivity index (χ4v) is 3.56. The number of piperazine rings is 1. The summed E-state index contributed by atoms with van der Waals surface area (Å²) in [6.07, 6.45) is 0. The minimum atomic E-state index is 0. The van der Waals surface area contributed by atoms with Crippen LogP contribution in [0, 0.1) is 13.8 Å². The number of hydrogen-bond donors (Lipinski definition) is 1. The Morgan fingerprint density at radius 1 is 1.04 bits per heavy atom. The van der Waals surface area contributed by atoms with Gasteiger partial charge in [0.05, 0.1) is 12.2 Å². The molecule has 140 valence electrons. The number of anilines is 2. The lowest BCUT2D eigenvalue weighted by molar-refractivity contribution is -0.117. The second kappa shape index (κ2) is 9.40. The first-order valence-corrected chi connectivity index (χ1v) is 9.42. The molecule has 0 unspecified atom stereocenters. The third kappa shape index (κ3) is 5.00. The van der Waals surface area contributed by atoms with Crippen LogP contribution in [-0.2, 0) is 4.79 Å². The van der Waals surface area contributed by atoms with Crippen LogP contribution in [0.5, 0.6) is 0 Å². The van der Waals surface area contributed by atoms with Gasteiger partial charge in [-0.3, -0.25) is 9.69 Å². The largest absolute Gasteiger partial charge is 0.369 e. The van der Waals surface area contributed by atoms with Gasteiger partial charge < -0.3 is 10.2 Å². The predicted molar refractivity (Wildman–Crippen MR) is 115 cm³/mol. The number of carbonyl (C=O) groups is 1. The van der Waals surface area contributed by atoms with Gasteiger partial charge in [0.1, 0.15) is 0 Å². The Balaban J connectivity index is 0.00000243. The van der Waals surface area contributed by atoms with Gasteiger partial charge in [0.15, 0.2) is 0 Å². The van der Waals surface area contributed by atoms with Crippen LogP contribution in [0.1, 0.15) is 11.1 Å². The zero-order chi connectivity index (χ0) is 17.8. The van der Waals surface area contributed by atoms with Gasteiger partial charge in [0.25, 0.3) is 0 Å². The average molecular weight is 439 g/mol. The second-order valence-electron chi connectivity index (χ2n) is 6.51. The maximum atomic E-state index is 12.3. The summed E-state index contributed by atoms with van der Waals surface area (Å²) in [4.78, 5) is 16.9. The lowest BCUT2D eigenvalue weighted by Gasteiger charge is -2.36. The van der Waals surface area contributed by atoms with Gasteiger partial charge in [-0.1, -0.05) is 24.3 Å². The summed E-state index contributed by atoms with van der Waals surface area (Å²) in [7, 11) is 0. The third-order valence-corrected chi connectivity index (χ3v) is 5.50. The van der Waals surface area contributed by atoms with Crippen molar-refractivity contribution in [1.82, 2.24) is 4.90 Å². The van der Waals surface area contributed by atoms with Crippen LogP contribution in [0.25, 0.3) is 0 Å². The van der Waals surface area contributed by atoms with Gasteiger partial charge in [0, 0.05) is 36.3 Å². The molecule has 1 aliphatic rings. The summed E-state index contributed by atoms with van der Waals surface area (Å²) in [5, 5.41) is 2.98. The van der Waals surface area contributed by atoms with Crippen LogP contribution in [0.2, 0.25) is 0 Å². The van der Waals surface area contributed by atoms with Gasteiger partial charge in [-0.25, -0.2) is 0 Å². The van der Waals surface area contributed by atoms with Gasteiger partial charge >= 0.3 is 0 Å². The van der Waals surface area contributed by atoms with E-state index in [0.717, 1.165) is 36.3 Å². The van der Waals surface area contributed by atoms with E-state index >= 15 is 0 Å². The molecule has 0 saturated carbocycles. The van der Waals surface area contributed by atoms with Gasteiger partial charge in [0.2, 0.25) is 5.91 Å². The summed E-state index contributed by atoms with van der Waals surface area (Å²) >= 11 is 3.46. The molecule has 1 heterocycles. The number of halogens is 2. The monoisotopic (exact) mass is 437 g/mol. The van der Waals surface area contributed by atoms with Gasteiger partial charge in [-0.15, -0.1) is 12.4 Å². The van der Waals surface area contributed by atoms with Crippen molar-refractivity contribution in [2.24, 2.45) is 0 Å². The van der Waals surface area contributed by atoms with Crippen molar-refractivity contribution in [3.05, 3.63) is 58.1 Å². The minimum absolute atomic E-state index is 0. The molecule has 0 radical (unpaired) electrons. The maximum Gasteiger partial charge on any atom is 0.238 e. The maximum absolute atomic E-state index is 12.3. The number of amides is 1. The number of para-hydroxylation sites is 1. The lowest BCUT2D eigenvalue weighted by atomic mass is 10.1. The Bertz CT molecular complexity index is 760. The van der Waals surface area contributed by atoms with Crippen molar-refractivity contribution in [2.45, 2.75) is 13.8 Å². The number of aryl methyl sites for hydroxylation is 1. The Morgan fingerprint density at radius 2 is 1.73 bits per heavy atom. The molecular formula is C20H25BrClN3O. The standard InChI is InChI=1S/C20H24BrN3O.ClH/c1-15-6-5-9-19(16(15)2)24-12-10-23(11-13-24)14-20(25)22-18-8-4-3-7-17(18)21;/h3-9H,10-14H2,1-2H3,(H,22,25);1H. The predicted octanol–water partition coefficient (Wildman–Crippen LogP) is 4.25. The number of benzene rings is 2. The highest BCUT2D eigenvalue weighted by atomic mass is 79.9. The number of hydrogen-bond acceptors (Lipinski definition) is 3. The molecule has 2 aromatic rings. The molecular weight excluding hydrogens is 414 g/mol. The second-order valence-corrected chi connectivity index (χ2v) is 7.36. The summed E-state index contributed by atoms with van der Waals surface area (Å²) in [6, 6.07) is 14.2. The van der Waals surface area contributed by atoms with Crippen molar-refractivity contribution in [3.63, 3.8) is 0 Å². The normalized spacial score (nSPS) is 14.7. The molecule has 1 N–H and O–H groups in total. The quantitative estimate of drug-likeness (QED) is 0.775. The smallest absolute Gasteiger partial charge is 0.238 e. The first-order chi connectivity index (χ1) is 12.0. The average Bonchev–Trinajstić information content (AvgIpc) is 2.60. The van der Waals surface area contributed by atoms with E-state index in [1.807, 2.05) is 24.3 Å². The Kier molecular flexibility index (Phi) is 7.50. The summed E-state index contributed by atoms with van der Waals surface area (Å²) in [5.41, 5.74) is 4.81. The molecule has 0 aliphatic carbocycles. The first kappa shape index (κ1) is 20.7. The van der Waals surface area contributed by atoms with Gasteiger partial charge in [-0.05, 0) is 59.1 Å². The van der Waals surface area contributed by atoms with Crippen molar-refractivity contribution >= 4 is 45.6 Å². The van der Waals surface area contributed by atoms with E-state index in [1.165, 1.54) is 16.8 Å². The molecule has 0 spiro atoms. The SMILES string of the molecule is Cc1cccc(N2CCN(CC(=O)Nc3ccccc3Br)CC2)c1C.Cl. The van der Waals surface area contributed by atoms with Crippen molar-refractivity contribution in [3.8, 4) is 0 Å².